The SMILES string of the molecule is C[C@H](CCCCCCCCCCCCCCCCCCC(=O)[O-])O[C@@H]1O[C@@H](C)[C@H](O)C[C@H]1O. The normalized spacial score (nSPS) is 24.1. The summed E-state index contributed by atoms with van der Waals surface area (Å²) >= 11 is 0. The standard InChI is InChI=1S/C27H52O6/c1-22(32-27-25(29)21-24(28)23(2)33-27)19-17-15-13-11-9-7-5-3-4-6-8-10-12-14-16-18-20-26(30)31/h22-25,27-29H,3-21H2,1-2H3,(H,30,31)/p-1/t22-,23+,24-,25-,27-/m1/s1. The summed E-state index contributed by atoms with van der Waals surface area (Å²) in [4.78, 5) is 10.3. The maximum absolute atomic E-state index is 10.3. The van der Waals surface area contributed by atoms with Gasteiger partial charge >= 0.3 is 0 Å². The van der Waals surface area contributed by atoms with Crippen LogP contribution < -0.4 is 5.11 Å². The van der Waals surface area contributed by atoms with Crippen molar-refractivity contribution in [1.82, 2.24) is 0 Å². The number of hydrogen-bond acceptors (Lipinski definition) is 6. The first-order chi connectivity index (χ1) is 15.9. The molecule has 2 N–H and O–H groups in total. The second-order valence-corrected chi connectivity index (χ2v) is 10.1. The Bertz CT molecular complexity index is 472. The first-order valence-electron chi connectivity index (χ1n) is 13.8. The van der Waals surface area contributed by atoms with Gasteiger partial charge in [-0.3, -0.25) is 0 Å². The minimum atomic E-state index is -0.920. The molecular weight excluding hydrogens is 420 g/mol. The van der Waals surface area contributed by atoms with E-state index in [9.17, 15) is 20.1 Å². The van der Waals surface area contributed by atoms with Crippen molar-refractivity contribution in [2.45, 2.75) is 167 Å². The second-order valence-electron chi connectivity index (χ2n) is 10.1. The smallest absolute Gasteiger partial charge is 0.184 e. The summed E-state index contributed by atoms with van der Waals surface area (Å²) in [6.07, 6.45) is 19.1. The maximum Gasteiger partial charge on any atom is 0.184 e. The van der Waals surface area contributed by atoms with Crippen molar-refractivity contribution in [3.05, 3.63) is 0 Å². The van der Waals surface area contributed by atoms with Crippen molar-refractivity contribution in [3.8, 4) is 0 Å². The van der Waals surface area contributed by atoms with Gasteiger partial charge in [-0.15, -0.1) is 0 Å². The van der Waals surface area contributed by atoms with Crippen molar-refractivity contribution in [2.75, 3.05) is 0 Å². The molecule has 33 heavy (non-hydrogen) atoms. The minimum Gasteiger partial charge on any atom is -0.550 e. The first kappa shape index (κ1) is 30.3. The highest BCUT2D eigenvalue weighted by Gasteiger charge is 2.35. The van der Waals surface area contributed by atoms with E-state index in [2.05, 4.69) is 0 Å². The van der Waals surface area contributed by atoms with Crippen LogP contribution in [-0.4, -0.2) is 46.9 Å². The average Bonchev–Trinajstić information content (AvgIpc) is 2.76. The summed E-state index contributed by atoms with van der Waals surface area (Å²) in [6.45, 7) is 3.85. The van der Waals surface area contributed by atoms with Gasteiger partial charge in [-0.05, 0) is 33.1 Å². The monoisotopic (exact) mass is 471 g/mol. The van der Waals surface area contributed by atoms with Gasteiger partial charge in [0.1, 0.15) is 6.10 Å². The Morgan fingerprint density at radius 1 is 0.818 bits per heavy atom. The van der Waals surface area contributed by atoms with E-state index in [1.165, 1.54) is 77.0 Å². The molecule has 196 valence electrons. The molecule has 1 heterocycles. The number of ether oxygens (including phenoxy) is 2. The van der Waals surface area contributed by atoms with Gasteiger partial charge in [0.25, 0.3) is 0 Å². The van der Waals surface area contributed by atoms with Crippen molar-refractivity contribution in [1.29, 1.82) is 0 Å². The average molecular weight is 472 g/mol. The lowest BCUT2D eigenvalue weighted by Gasteiger charge is -2.36. The predicted molar refractivity (Wildman–Crippen MR) is 130 cm³/mol. The molecule has 1 rings (SSSR count). The molecule has 0 aromatic carbocycles. The summed E-state index contributed by atoms with van der Waals surface area (Å²) in [6, 6.07) is 0. The molecule has 1 aliphatic rings. The molecule has 0 amide bonds. The van der Waals surface area contributed by atoms with E-state index in [0.29, 0.717) is 6.42 Å². The molecular formula is C27H51O6-. The summed E-state index contributed by atoms with van der Waals surface area (Å²) in [5.74, 6) is -0.920. The van der Waals surface area contributed by atoms with E-state index >= 15 is 0 Å². The largest absolute Gasteiger partial charge is 0.550 e. The van der Waals surface area contributed by atoms with E-state index in [0.717, 1.165) is 32.1 Å². The maximum atomic E-state index is 10.3. The van der Waals surface area contributed by atoms with Crippen molar-refractivity contribution in [3.63, 3.8) is 0 Å². The molecule has 0 unspecified atom stereocenters. The quantitative estimate of drug-likeness (QED) is 0.228. The van der Waals surface area contributed by atoms with Crippen LogP contribution in [0.5, 0.6) is 0 Å². The fraction of sp³-hybridized carbons (Fsp3) is 0.963. The minimum absolute atomic E-state index is 0.0570. The van der Waals surface area contributed by atoms with Crippen LogP contribution in [0.4, 0.5) is 0 Å². The van der Waals surface area contributed by atoms with Crippen molar-refractivity contribution in [2.24, 2.45) is 0 Å². The molecule has 1 fully saturated rings. The zero-order valence-electron chi connectivity index (χ0n) is 21.3. The molecule has 1 aliphatic heterocycles. The van der Waals surface area contributed by atoms with Crippen molar-refractivity contribution >= 4 is 5.97 Å². The highest BCUT2D eigenvalue weighted by atomic mass is 16.7. The van der Waals surface area contributed by atoms with Crippen LogP contribution in [0.25, 0.3) is 0 Å². The molecule has 1 saturated heterocycles. The summed E-state index contributed by atoms with van der Waals surface area (Å²) in [5.41, 5.74) is 0. The fourth-order valence-corrected chi connectivity index (χ4v) is 4.54. The number of carboxylic acids is 1. The van der Waals surface area contributed by atoms with Gasteiger partial charge in [-0.1, -0.05) is 96.3 Å². The Labute approximate surface area is 202 Å². The van der Waals surface area contributed by atoms with Gasteiger partial charge in [-0.2, -0.15) is 0 Å². The number of aliphatic carboxylic acids is 1. The number of unbranched alkanes of at least 4 members (excludes halogenated alkanes) is 15. The lowest BCUT2D eigenvalue weighted by molar-refractivity contribution is -0.305. The molecule has 0 aliphatic carbocycles. The highest BCUT2D eigenvalue weighted by Crippen LogP contribution is 2.23. The van der Waals surface area contributed by atoms with E-state index in [-0.39, 0.29) is 18.6 Å². The van der Waals surface area contributed by atoms with Gasteiger partial charge in [0.05, 0.1) is 18.3 Å². The number of hydrogen-bond donors (Lipinski definition) is 2. The third-order valence-corrected chi connectivity index (χ3v) is 6.80. The fourth-order valence-electron chi connectivity index (χ4n) is 4.54. The van der Waals surface area contributed by atoms with Crippen LogP contribution in [0.3, 0.4) is 0 Å². The van der Waals surface area contributed by atoms with Crippen molar-refractivity contribution < 1.29 is 29.6 Å². The Kier molecular flexibility index (Phi) is 18.0. The second kappa shape index (κ2) is 19.6. The molecule has 5 atom stereocenters. The number of carbonyl (C=O) groups excluding carboxylic acids is 1. The Morgan fingerprint density at radius 2 is 1.24 bits per heavy atom. The van der Waals surface area contributed by atoms with Crippen LogP contribution in [0.1, 0.15) is 136 Å². The summed E-state index contributed by atoms with van der Waals surface area (Å²) in [7, 11) is 0. The first-order valence-corrected chi connectivity index (χ1v) is 13.8. The number of carboxylic acid groups (broad SMARTS) is 1. The van der Waals surface area contributed by atoms with E-state index in [1.807, 2.05) is 13.8 Å². The predicted octanol–water partition coefficient (Wildman–Crippen LogP) is 5.02. The van der Waals surface area contributed by atoms with E-state index in [1.54, 1.807) is 0 Å². The molecule has 0 radical (unpaired) electrons. The summed E-state index contributed by atoms with van der Waals surface area (Å²) < 4.78 is 11.4. The zero-order chi connectivity index (χ0) is 24.3. The molecule has 0 spiro atoms. The number of carbonyl (C=O) groups is 1. The number of aliphatic hydroxyl groups excluding tert-OH is 2. The third kappa shape index (κ3) is 16.6. The van der Waals surface area contributed by atoms with E-state index < -0.39 is 24.5 Å². The lowest BCUT2D eigenvalue weighted by Crippen LogP contribution is -2.48. The number of rotatable bonds is 21. The Balaban J connectivity index is 1.79. The summed E-state index contributed by atoms with van der Waals surface area (Å²) in [5, 5.41) is 30.1. The molecule has 6 heteroatoms. The van der Waals surface area contributed by atoms with E-state index in [4.69, 9.17) is 9.47 Å². The Hall–Kier alpha value is -0.690. The third-order valence-electron chi connectivity index (χ3n) is 6.80. The molecule has 0 aromatic heterocycles. The highest BCUT2D eigenvalue weighted by molar-refractivity contribution is 5.64. The molecule has 0 aromatic rings. The van der Waals surface area contributed by atoms with Gasteiger partial charge in [0.15, 0.2) is 6.29 Å². The van der Waals surface area contributed by atoms with Crippen LogP contribution >= 0.6 is 0 Å². The lowest BCUT2D eigenvalue weighted by atomic mass is 10.0. The zero-order valence-corrected chi connectivity index (χ0v) is 21.3. The van der Waals surface area contributed by atoms with Crippen LogP contribution in [-0.2, 0) is 14.3 Å². The van der Waals surface area contributed by atoms with Gasteiger partial charge in [0.2, 0.25) is 0 Å². The molecule has 0 saturated carbocycles. The number of aliphatic hydroxyl groups is 2. The van der Waals surface area contributed by atoms with Crippen LogP contribution in [0.15, 0.2) is 0 Å². The molecule has 0 bridgehead atoms. The topological polar surface area (TPSA) is 99.1 Å². The van der Waals surface area contributed by atoms with Crippen LogP contribution in [0, 0.1) is 0 Å². The Morgan fingerprint density at radius 3 is 1.70 bits per heavy atom. The van der Waals surface area contributed by atoms with Gasteiger partial charge in [0, 0.05) is 12.4 Å². The van der Waals surface area contributed by atoms with Crippen LogP contribution in [0.2, 0.25) is 0 Å². The van der Waals surface area contributed by atoms with Gasteiger partial charge in [-0.25, -0.2) is 0 Å². The van der Waals surface area contributed by atoms with Gasteiger partial charge < -0.3 is 29.6 Å². The molecule has 6 nitrogen and oxygen atoms in total.